The third kappa shape index (κ3) is 11.1. The van der Waals surface area contributed by atoms with Crippen LogP contribution in [0.3, 0.4) is 0 Å². The van der Waals surface area contributed by atoms with E-state index in [9.17, 15) is 0 Å². The van der Waals surface area contributed by atoms with Gasteiger partial charge in [-0.2, -0.15) is 50.5 Å². The van der Waals surface area contributed by atoms with E-state index in [2.05, 4.69) is 109 Å². The molecule has 1 fully saturated rings. The summed E-state index contributed by atoms with van der Waals surface area (Å²) in [5.41, 5.74) is 2.74. The molecule has 1 saturated heterocycles. The van der Waals surface area contributed by atoms with Crippen LogP contribution < -0.4 is 9.47 Å². The summed E-state index contributed by atoms with van der Waals surface area (Å²) in [5.74, 6) is 5.43. The number of hydrogen-bond donors (Lipinski definition) is 4. The molecular formula is C30H46N2O2S4. The first-order valence-corrected chi connectivity index (χ1v) is 16.5. The van der Waals surface area contributed by atoms with E-state index >= 15 is 0 Å². The van der Waals surface area contributed by atoms with Gasteiger partial charge in [0.2, 0.25) is 0 Å². The molecule has 0 amide bonds. The van der Waals surface area contributed by atoms with Gasteiger partial charge in [-0.05, 0) is 110 Å². The fourth-order valence-electron chi connectivity index (χ4n) is 5.05. The number of thiol groups is 4. The summed E-state index contributed by atoms with van der Waals surface area (Å²) in [4.78, 5) is 5.42. The molecule has 38 heavy (non-hydrogen) atoms. The Labute approximate surface area is 252 Å². The second-order valence-electron chi connectivity index (χ2n) is 10.00. The zero-order valence-electron chi connectivity index (χ0n) is 22.6. The second kappa shape index (κ2) is 18.7. The quantitative estimate of drug-likeness (QED) is 0.128. The highest BCUT2D eigenvalue weighted by Gasteiger charge is 2.33. The maximum atomic E-state index is 5.84. The molecule has 8 heteroatoms. The maximum absolute atomic E-state index is 5.84. The minimum atomic E-state index is 0.490. The van der Waals surface area contributed by atoms with Crippen LogP contribution in [0.5, 0.6) is 11.5 Å². The van der Waals surface area contributed by atoms with Crippen molar-refractivity contribution in [3.63, 3.8) is 0 Å². The third-order valence-electron chi connectivity index (χ3n) is 7.06. The van der Waals surface area contributed by atoms with Crippen molar-refractivity contribution >= 4 is 50.5 Å². The largest absolute Gasteiger partial charge is 0.494 e. The molecule has 0 unspecified atom stereocenters. The first kappa shape index (κ1) is 31.9. The summed E-state index contributed by atoms with van der Waals surface area (Å²) in [6.07, 6.45) is 6.24. The van der Waals surface area contributed by atoms with Crippen LogP contribution in [0.2, 0.25) is 0 Å². The summed E-state index contributed by atoms with van der Waals surface area (Å²) in [6.45, 7) is 5.78. The minimum absolute atomic E-state index is 0.490. The highest BCUT2D eigenvalue weighted by atomic mass is 32.1. The van der Waals surface area contributed by atoms with Gasteiger partial charge in [0.15, 0.2) is 0 Å². The lowest BCUT2D eigenvalue weighted by Gasteiger charge is -2.47. The predicted octanol–water partition coefficient (Wildman–Crippen LogP) is 5.86. The molecule has 3 rings (SSSR count). The number of rotatable bonds is 18. The number of benzene rings is 2. The van der Waals surface area contributed by atoms with Crippen LogP contribution in [0.25, 0.3) is 0 Å². The van der Waals surface area contributed by atoms with Gasteiger partial charge in [-0.3, -0.25) is 9.80 Å². The van der Waals surface area contributed by atoms with Gasteiger partial charge in [-0.25, -0.2) is 0 Å². The van der Waals surface area contributed by atoms with E-state index in [0.717, 1.165) is 112 Å². The van der Waals surface area contributed by atoms with Crippen molar-refractivity contribution in [1.82, 2.24) is 9.80 Å². The molecule has 1 aliphatic heterocycles. The molecule has 0 bridgehead atoms. The molecule has 0 radical (unpaired) electrons. The van der Waals surface area contributed by atoms with Crippen LogP contribution in [0, 0.1) is 0 Å². The van der Waals surface area contributed by atoms with Crippen molar-refractivity contribution in [3.05, 3.63) is 59.7 Å². The Morgan fingerprint density at radius 3 is 1.26 bits per heavy atom. The molecule has 0 spiro atoms. The molecule has 0 saturated carbocycles. The number of ether oxygens (including phenoxy) is 2. The van der Waals surface area contributed by atoms with Crippen LogP contribution in [-0.4, -0.2) is 84.3 Å². The molecule has 2 aromatic rings. The molecule has 1 heterocycles. The van der Waals surface area contributed by atoms with E-state index in [-0.39, 0.29) is 0 Å². The van der Waals surface area contributed by atoms with E-state index in [1.807, 2.05) is 0 Å². The standard InChI is InChI=1S/C30H46N2O2S4/c35-17-1-13-31-23-28(22-26-7-11-30(12-8-26)34-16-4-20-38)32(14-2-18-36)24-27(31)21-25-5-9-29(10-6-25)33-15-3-19-37/h5-12,27-28,35-38H,1-4,13-24H2/t27-,28+. The lowest BCUT2D eigenvalue weighted by Crippen LogP contribution is -2.59. The van der Waals surface area contributed by atoms with Gasteiger partial charge < -0.3 is 9.47 Å². The van der Waals surface area contributed by atoms with Crippen LogP contribution in [0.4, 0.5) is 0 Å². The Hall–Kier alpha value is -0.640. The molecular weight excluding hydrogens is 549 g/mol. The summed E-state index contributed by atoms with van der Waals surface area (Å²) in [6, 6.07) is 18.4. The fourth-order valence-corrected chi connectivity index (χ4v) is 5.59. The molecule has 212 valence electrons. The van der Waals surface area contributed by atoms with Crippen molar-refractivity contribution in [1.29, 1.82) is 0 Å². The Morgan fingerprint density at radius 1 is 0.553 bits per heavy atom. The SMILES string of the molecule is SCCCOc1ccc(C[C@@H]2CN(CCCS)[C@@H](Cc3ccc(OCCCS)cc3)CN2CCCS)cc1. The average Bonchev–Trinajstić information content (AvgIpc) is 2.94. The molecule has 2 aromatic carbocycles. The second-order valence-corrected chi connectivity index (χ2v) is 11.8. The summed E-state index contributed by atoms with van der Waals surface area (Å²) in [7, 11) is 0. The van der Waals surface area contributed by atoms with Gasteiger partial charge in [0.1, 0.15) is 11.5 Å². The highest BCUT2D eigenvalue weighted by molar-refractivity contribution is 7.80. The van der Waals surface area contributed by atoms with E-state index in [4.69, 9.17) is 9.47 Å². The predicted molar refractivity (Wildman–Crippen MR) is 176 cm³/mol. The summed E-state index contributed by atoms with van der Waals surface area (Å²) < 4.78 is 11.7. The monoisotopic (exact) mass is 594 g/mol. The van der Waals surface area contributed by atoms with Crippen LogP contribution in [-0.2, 0) is 12.8 Å². The maximum Gasteiger partial charge on any atom is 0.119 e. The first-order chi connectivity index (χ1) is 18.7. The zero-order chi connectivity index (χ0) is 27.0. The molecule has 0 N–H and O–H groups in total. The molecule has 4 nitrogen and oxygen atoms in total. The fraction of sp³-hybridized carbons (Fsp3) is 0.600. The number of piperazine rings is 1. The number of hydrogen-bond acceptors (Lipinski definition) is 8. The van der Waals surface area contributed by atoms with Crippen molar-refractivity contribution < 1.29 is 9.47 Å². The Morgan fingerprint density at radius 2 is 0.921 bits per heavy atom. The summed E-state index contributed by atoms with van der Waals surface area (Å²) in [5, 5.41) is 0. The Balaban J connectivity index is 1.67. The third-order valence-corrected chi connectivity index (χ3v) is 8.33. The molecule has 2 atom stereocenters. The normalized spacial score (nSPS) is 18.5. The summed E-state index contributed by atoms with van der Waals surface area (Å²) >= 11 is 17.6. The highest BCUT2D eigenvalue weighted by Crippen LogP contribution is 2.24. The van der Waals surface area contributed by atoms with Crippen LogP contribution in [0.1, 0.15) is 36.8 Å². The van der Waals surface area contributed by atoms with E-state index < -0.39 is 0 Å². The van der Waals surface area contributed by atoms with Crippen molar-refractivity contribution in [3.8, 4) is 11.5 Å². The van der Waals surface area contributed by atoms with Gasteiger partial charge >= 0.3 is 0 Å². The number of nitrogens with zero attached hydrogens (tertiary/aromatic N) is 2. The molecule has 0 aliphatic carbocycles. The van der Waals surface area contributed by atoms with E-state index in [0.29, 0.717) is 12.1 Å². The van der Waals surface area contributed by atoms with Gasteiger partial charge in [0.05, 0.1) is 13.2 Å². The Kier molecular flexibility index (Phi) is 15.7. The van der Waals surface area contributed by atoms with Gasteiger partial charge in [0.25, 0.3) is 0 Å². The van der Waals surface area contributed by atoms with E-state index in [1.54, 1.807) is 0 Å². The van der Waals surface area contributed by atoms with Crippen LogP contribution >= 0.6 is 50.5 Å². The molecule has 1 aliphatic rings. The Bertz CT molecular complexity index is 811. The zero-order valence-corrected chi connectivity index (χ0v) is 26.2. The topological polar surface area (TPSA) is 24.9 Å². The first-order valence-electron chi connectivity index (χ1n) is 14.0. The van der Waals surface area contributed by atoms with E-state index in [1.165, 1.54) is 11.1 Å². The van der Waals surface area contributed by atoms with Gasteiger partial charge in [-0.15, -0.1) is 0 Å². The average molecular weight is 595 g/mol. The van der Waals surface area contributed by atoms with Gasteiger partial charge in [-0.1, -0.05) is 24.3 Å². The van der Waals surface area contributed by atoms with Crippen molar-refractivity contribution in [2.75, 3.05) is 62.4 Å². The molecule has 0 aromatic heterocycles. The van der Waals surface area contributed by atoms with Crippen molar-refractivity contribution in [2.45, 2.75) is 50.6 Å². The lowest BCUT2D eigenvalue weighted by atomic mass is 9.95. The smallest absolute Gasteiger partial charge is 0.119 e. The van der Waals surface area contributed by atoms with Crippen molar-refractivity contribution in [2.24, 2.45) is 0 Å². The lowest BCUT2D eigenvalue weighted by molar-refractivity contribution is 0.0284. The van der Waals surface area contributed by atoms with Gasteiger partial charge in [0, 0.05) is 25.2 Å². The van der Waals surface area contributed by atoms with Crippen LogP contribution in [0.15, 0.2) is 48.5 Å². The minimum Gasteiger partial charge on any atom is -0.494 e.